The molecule has 4 aromatic rings. The van der Waals surface area contributed by atoms with Crippen LogP contribution < -0.4 is 24.9 Å². The minimum absolute atomic E-state index is 0.178. The number of hydrogen-bond donors (Lipinski definition) is 1. The first-order valence-electron chi connectivity index (χ1n) is 13.1. The third-order valence-corrected chi connectivity index (χ3v) is 7.69. The molecule has 1 atom stereocenters. The number of aromatic nitrogens is 1. The van der Waals surface area contributed by atoms with E-state index in [1.54, 1.807) is 4.57 Å². The highest BCUT2D eigenvalue weighted by atomic mass is 32.1. The zero-order chi connectivity index (χ0) is 27.5. The molecule has 7 heteroatoms. The van der Waals surface area contributed by atoms with Gasteiger partial charge in [0.05, 0.1) is 28.5 Å². The lowest BCUT2D eigenvalue weighted by Crippen LogP contribution is -2.40. The van der Waals surface area contributed by atoms with Crippen LogP contribution in [0.3, 0.4) is 0 Å². The van der Waals surface area contributed by atoms with Crippen molar-refractivity contribution in [1.82, 2.24) is 4.57 Å². The van der Waals surface area contributed by atoms with E-state index in [4.69, 9.17) is 9.73 Å². The first kappa shape index (κ1) is 26.4. The molecule has 1 aromatic heterocycles. The van der Waals surface area contributed by atoms with Gasteiger partial charge in [-0.15, -0.1) is 0 Å². The third-order valence-electron chi connectivity index (χ3n) is 6.71. The minimum atomic E-state index is -0.633. The largest absolute Gasteiger partial charge is 0.494 e. The van der Waals surface area contributed by atoms with Crippen molar-refractivity contribution in [2.75, 3.05) is 11.9 Å². The Kier molecular flexibility index (Phi) is 7.61. The molecule has 6 nitrogen and oxygen atoms in total. The summed E-state index contributed by atoms with van der Waals surface area (Å²) in [4.78, 5) is 32.8. The number of rotatable bonds is 7. The lowest BCUT2D eigenvalue weighted by molar-refractivity contribution is -0.113. The highest BCUT2D eigenvalue weighted by molar-refractivity contribution is 7.07. The minimum Gasteiger partial charge on any atom is -0.494 e. The maximum atomic E-state index is 13.9. The summed E-state index contributed by atoms with van der Waals surface area (Å²) in [6, 6.07) is 24.4. The van der Waals surface area contributed by atoms with Crippen molar-refractivity contribution in [3.05, 3.63) is 127 Å². The van der Waals surface area contributed by atoms with Crippen LogP contribution in [-0.2, 0) is 4.79 Å². The topological polar surface area (TPSA) is 72.7 Å². The number of carbonyl (C=O) groups excluding carboxylic acids is 1. The zero-order valence-corrected chi connectivity index (χ0v) is 23.3. The van der Waals surface area contributed by atoms with E-state index in [2.05, 4.69) is 31.3 Å². The van der Waals surface area contributed by atoms with Crippen LogP contribution >= 0.6 is 11.3 Å². The Labute approximate surface area is 231 Å². The van der Waals surface area contributed by atoms with Crippen LogP contribution in [0.2, 0.25) is 0 Å². The lowest BCUT2D eigenvalue weighted by Gasteiger charge is -2.25. The molecule has 1 N–H and O–H groups in total. The molecule has 0 bridgehead atoms. The van der Waals surface area contributed by atoms with Crippen LogP contribution in [0.15, 0.2) is 99.9 Å². The Balaban J connectivity index is 1.63. The van der Waals surface area contributed by atoms with E-state index in [-0.39, 0.29) is 11.5 Å². The molecule has 0 spiro atoms. The zero-order valence-electron chi connectivity index (χ0n) is 22.5. The molecule has 0 saturated carbocycles. The molecule has 0 aliphatic carbocycles. The number of para-hydroxylation sites is 1. The molecule has 2 heterocycles. The van der Waals surface area contributed by atoms with Gasteiger partial charge in [-0.1, -0.05) is 79.8 Å². The third kappa shape index (κ3) is 5.49. The number of thiazole rings is 1. The van der Waals surface area contributed by atoms with Gasteiger partial charge in [0.1, 0.15) is 5.75 Å². The molecule has 0 saturated heterocycles. The molecule has 1 amide bonds. The van der Waals surface area contributed by atoms with Gasteiger partial charge in [0.2, 0.25) is 0 Å². The first-order chi connectivity index (χ1) is 18.9. The molecular formula is C32H31N3O3S. The Hall–Kier alpha value is -4.23. The highest BCUT2D eigenvalue weighted by Gasteiger charge is 2.32. The Bertz CT molecular complexity index is 1700. The standard InChI is InChI=1S/C32H31N3O3S/c1-5-38-26-17-15-24(16-18-26)29-28(30(36)34-25-9-7-6-8-10-25)21(4)33-32-35(29)31(37)27(39-32)19-22-11-13-23(14-12-22)20(2)3/h6-20,29H,5H2,1-4H3,(H,34,36)/b27-19-/t29-/m0/s1. The van der Waals surface area contributed by atoms with E-state index in [0.717, 1.165) is 16.9 Å². The molecule has 0 unspecified atom stereocenters. The van der Waals surface area contributed by atoms with Crippen LogP contribution in [0.4, 0.5) is 5.69 Å². The Morgan fingerprint density at radius 2 is 1.74 bits per heavy atom. The van der Waals surface area contributed by atoms with Crippen molar-refractivity contribution in [3.63, 3.8) is 0 Å². The second kappa shape index (κ2) is 11.3. The van der Waals surface area contributed by atoms with E-state index < -0.39 is 6.04 Å². The first-order valence-corrected chi connectivity index (χ1v) is 13.9. The summed E-state index contributed by atoms with van der Waals surface area (Å²) in [5.74, 6) is 0.872. The number of amides is 1. The molecule has 0 fully saturated rings. The number of benzene rings is 3. The van der Waals surface area contributed by atoms with Gasteiger partial charge in [0.15, 0.2) is 4.80 Å². The molecule has 5 rings (SSSR count). The number of hydrogen-bond acceptors (Lipinski definition) is 5. The average molecular weight is 538 g/mol. The summed E-state index contributed by atoms with van der Waals surface area (Å²) >= 11 is 1.34. The van der Waals surface area contributed by atoms with Crippen molar-refractivity contribution < 1.29 is 9.53 Å². The maximum absolute atomic E-state index is 13.9. The number of anilines is 1. The Morgan fingerprint density at radius 3 is 2.38 bits per heavy atom. The van der Waals surface area contributed by atoms with Crippen LogP contribution in [-0.4, -0.2) is 17.1 Å². The predicted octanol–water partition coefficient (Wildman–Crippen LogP) is 5.40. The van der Waals surface area contributed by atoms with Gasteiger partial charge in [-0.25, -0.2) is 4.99 Å². The van der Waals surface area contributed by atoms with Crippen molar-refractivity contribution in [2.24, 2.45) is 4.99 Å². The lowest BCUT2D eigenvalue weighted by atomic mass is 9.95. The van der Waals surface area contributed by atoms with Crippen LogP contribution in [0.25, 0.3) is 6.08 Å². The average Bonchev–Trinajstić information content (AvgIpc) is 3.23. The monoisotopic (exact) mass is 537 g/mol. The Morgan fingerprint density at radius 1 is 1.05 bits per heavy atom. The van der Waals surface area contributed by atoms with Crippen LogP contribution in [0, 0.1) is 0 Å². The van der Waals surface area contributed by atoms with E-state index in [9.17, 15) is 9.59 Å². The van der Waals surface area contributed by atoms with E-state index in [1.807, 2.05) is 86.7 Å². The summed E-state index contributed by atoms with van der Waals surface area (Å²) in [6.45, 7) is 8.62. The van der Waals surface area contributed by atoms with E-state index in [0.29, 0.717) is 38.8 Å². The molecule has 0 radical (unpaired) electrons. The van der Waals surface area contributed by atoms with Crippen LogP contribution in [0.5, 0.6) is 5.75 Å². The number of allylic oxidation sites excluding steroid dienone is 1. The van der Waals surface area contributed by atoms with E-state index in [1.165, 1.54) is 16.9 Å². The van der Waals surface area contributed by atoms with Gasteiger partial charge in [-0.05, 0) is 66.8 Å². The predicted molar refractivity (Wildman–Crippen MR) is 157 cm³/mol. The molecule has 198 valence electrons. The number of fused-ring (bicyclic) bond motifs is 1. The number of nitrogens with zero attached hydrogens (tertiary/aromatic N) is 2. The molecular weight excluding hydrogens is 506 g/mol. The highest BCUT2D eigenvalue weighted by Crippen LogP contribution is 2.31. The fourth-order valence-electron chi connectivity index (χ4n) is 4.69. The fraction of sp³-hybridized carbons (Fsp3) is 0.219. The van der Waals surface area contributed by atoms with E-state index >= 15 is 0 Å². The van der Waals surface area contributed by atoms with Gasteiger partial charge in [0, 0.05) is 5.69 Å². The fourth-order valence-corrected chi connectivity index (χ4v) is 5.74. The summed E-state index contributed by atoms with van der Waals surface area (Å²) in [7, 11) is 0. The number of carbonyl (C=O) groups is 1. The number of nitrogens with one attached hydrogen (secondary N) is 1. The van der Waals surface area contributed by atoms with Crippen LogP contribution in [0.1, 0.15) is 56.3 Å². The van der Waals surface area contributed by atoms with Crippen molar-refractivity contribution >= 4 is 29.0 Å². The van der Waals surface area contributed by atoms with Gasteiger partial charge >= 0.3 is 0 Å². The second-order valence-electron chi connectivity index (χ2n) is 9.73. The van der Waals surface area contributed by atoms with Crippen molar-refractivity contribution in [2.45, 2.75) is 39.7 Å². The van der Waals surface area contributed by atoms with Gasteiger partial charge in [-0.2, -0.15) is 0 Å². The van der Waals surface area contributed by atoms with Gasteiger partial charge in [0.25, 0.3) is 11.5 Å². The SMILES string of the molecule is CCOc1ccc([C@H]2C(C(=O)Nc3ccccc3)=C(C)N=c3s/c(=C\c4ccc(C(C)C)cc4)c(=O)n32)cc1. The molecule has 39 heavy (non-hydrogen) atoms. The molecule has 3 aromatic carbocycles. The quantitative estimate of drug-likeness (QED) is 0.343. The van der Waals surface area contributed by atoms with Crippen molar-refractivity contribution in [3.8, 4) is 5.75 Å². The van der Waals surface area contributed by atoms with Gasteiger partial charge < -0.3 is 10.1 Å². The summed E-state index contributed by atoms with van der Waals surface area (Å²) in [5.41, 5.74) is 4.51. The normalized spacial score (nSPS) is 15.2. The smallest absolute Gasteiger partial charge is 0.271 e. The maximum Gasteiger partial charge on any atom is 0.271 e. The summed E-state index contributed by atoms with van der Waals surface area (Å²) in [5, 5.41) is 2.98. The second-order valence-corrected chi connectivity index (χ2v) is 10.7. The molecule has 1 aliphatic rings. The summed E-state index contributed by atoms with van der Waals surface area (Å²) in [6.07, 6.45) is 1.90. The number of ether oxygens (including phenoxy) is 1. The van der Waals surface area contributed by atoms with Gasteiger partial charge in [-0.3, -0.25) is 14.2 Å². The summed E-state index contributed by atoms with van der Waals surface area (Å²) < 4.78 is 7.84. The molecule has 1 aliphatic heterocycles. The van der Waals surface area contributed by atoms with Crippen molar-refractivity contribution in [1.29, 1.82) is 0 Å².